The van der Waals surface area contributed by atoms with E-state index < -0.39 is 0 Å². The zero-order chi connectivity index (χ0) is 12.3. The zero-order valence-electron chi connectivity index (χ0n) is 11.4. The number of halogens is 1. The lowest BCUT2D eigenvalue weighted by molar-refractivity contribution is -0.144. The minimum absolute atomic E-state index is 0. The summed E-state index contributed by atoms with van der Waals surface area (Å²) in [5.74, 6) is 1.60. The van der Waals surface area contributed by atoms with Crippen LogP contribution in [0.3, 0.4) is 0 Å². The molecule has 1 N–H and O–H groups in total. The Labute approximate surface area is 116 Å². The summed E-state index contributed by atoms with van der Waals surface area (Å²) in [5, 5.41) is 3.21. The van der Waals surface area contributed by atoms with Crippen LogP contribution in [0, 0.1) is 11.8 Å². The van der Waals surface area contributed by atoms with Gasteiger partial charge in [0.15, 0.2) is 0 Å². The van der Waals surface area contributed by atoms with Gasteiger partial charge >= 0.3 is 0 Å². The zero-order valence-corrected chi connectivity index (χ0v) is 12.2. The number of hydrogen-bond acceptors (Lipinski definition) is 3. The van der Waals surface area contributed by atoms with Crippen molar-refractivity contribution in [3.63, 3.8) is 0 Å². The summed E-state index contributed by atoms with van der Waals surface area (Å²) in [6.07, 6.45) is 2.14. The summed E-state index contributed by atoms with van der Waals surface area (Å²) in [5.41, 5.74) is 0. The fourth-order valence-electron chi connectivity index (χ4n) is 2.82. The second kappa shape index (κ2) is 7.31. The molecule has 0 spiro atoms. The Morgan fingerprint density at radius 1 is 1.50 bits per heavy atom. The third kappa shape index (κ3) is 4.11. The molecule has 5 heteroatoms. The van der Waals surface area contributed by atoms with Crippen LogP contribution in [-0.4, -0.2) is 49.7 Å². The monoisotopic (exact) mass is 276 g/mol. The topological polar surface area (TPSA) is 41.6 Å². The number of ether oxygens (including phenoxy) is 1. The maximum atomic E-state index is 12.2. The maximum Gasteiger partial charge on any atom is 0.253 e. The average Bonchev–Trinajstić information content (AvgIpc) is 2.77. The minimum atomic E-state index is -0.249. The van der Waals surface area contributed by atoms with Crippen molar-refractivity contribution in [3.05, 3.63) is 0 Å². The normalized spacial score (nSPS) is 28.3. The first-order valence-electron chi connectivity index (χ1n) is 6.78. The van der Waals surface area contributed by atoms with Gasteiger partial charge in [-0.3, -0.25) is 4.79 Å². The number of hydrogen-bond donors (Lipinski definition) is 1. The van der Waals surface area contributed by atoms with E-state index in [2.05, 4.69) is 19.2 Å². The molecule has 1 amide bonds. The highest BCUT2D eigenvalue weighted by atomic mass is 35.5. The lowest BCUT2D eigenvalue weighted by Crippen LogP contribution is -2.48. The first-order valence-corrected chi connectivity index (χ1v) is 6.78. The summed E-state index contributed by atoms with van der Waals surface area (Å²) in [4.78, 5) is 14.2. The molecule has 0 aliphatic carbocycles. The number of nitrogens with zero attached hydrogens (tertiary/aromatic N) is 1. The van der Waals surface area contributed by atoms with Gasteiger partial charge in [0.05, 0.1) is 6.61 Å². The molecule has 0 aromatic carbocycles. The van der Waals surface area contributed by atoms with Crippen LogP contribution in [0.15, 0.2) is 0 Å². The molecular formula is C13H25ClN2O2. The van der Waals surface area contributed by atoms with Crippen molar-refractivity contribution in [2.75, 3.05) is 32.8 Å². The summed E-state index contributed by atoms with van der Waals surface area (Å²) in [7, 11) is 0. The van der Waals surface area contributed by atoms with Gasteiger partial charge in [-0.1, -0.05) is 13.8 Å². The summed E-state index contributed by atoms with van der Waals surface area (Å²) < 4.78 is 5.51. The number of nitrogens with one attached hydrogen (secondary N) is 1. The van der Waals surface area contributed by atoms with Gasteiger partial charge in [0.25, 0.3) is 5.91 Å². The highest BCUT2D eigenvalue weighted by molar-refractivity contribution is 5.85. The smallest absolute Gasteiger partial charge is 0.253 e. The molecule has 2 saturated heterocycles. The minimum Gasteiger partial charge on any atom is -0.366 e. The Morgan fingerprint density at radius 3 is 2.89 bits per heavy atom. The van der Waals surface area contributed by atoms with E-state index in [1.54, 1.807) is 0 Å². The van der Waals surface area contributed by atoms with Crippen molar-refractivity contribution in [1.82, 2.24) is 10.2 Å². The quantitative estimate of drug-likeness (QED) is 0.845. The highest BCUT2D eigenvalue weighted by Crippen LogP contribution is 2.24. The molecule has 18 heavy (non-hydrogen) atoms. The molecule has 2 heterocycles. The predicted octanol–water partition coefficient (Wildman–Crippen LogP) is 1.29. The van der Waals surface area contributed by atoms with Crippen molar-refractivity contribution in [1.29, 1.82) is 0 Å². The molecule has 2 fully saturated rings. The van der Waals surface area contributed by atoms with Crippen molar-refractivity contribution in [2.24, 2.45) is 11.8 Å². The molecule has 106 valence electrons. The van der Waals surface area contributed by atoms with Gasteiger partial charge in [-0.05, 0) is 24.7 Å². The van der Waals surface area contributed by atoms with Gasteiger partial charge in [-0.15, -0.1) is 12.4 Å². The van der Waals surface area contributed by atoms with E-state index in [4.69, 9.17) is 4.74 Å². The van der Waals surface area contributed by atoms with Crippen LogP contribution in [-0.2, 0) is 9.53 Å². The average molecular weight is 277 g/mol. The molecule has 2 aliphatic heterocycles. The molecule has 0 aromatic heterocycles. The fourth-order valence-corrected chi connectivity index (χ4v) is 2.82. The van der Waals surface area contributed by atoms with Crippen LogP contribution in [0.2, 0.25) is 0 Å². The molecule has 4 nitrogen and oxygen atoms in total. The van der Waals surface area contributed by atoms with Gasteiger partial charge in [-0.2, -0.15) is 0 Å². The molecular weight excluding hydrogens is 252 g/mol. The van der Waals surface area contributed by atoms with E-state index in [9.17, 15) is 4.79 Å². The molecule has 0 aromatic rings. The van der Waals surface area contributed by atoms with Gasteiger partial charge in [0.2, 0.25) is 0 Å². The molecule has 2 aliphatic rings. The van der Waals surface area contributed by atoms with Gasteiger partial charge in [0.1, 0.15) is 6.10 Å². The first kappa shape index (κ1) is 15.7. The standard InChI is InChI=1S/C13H24N2O2.ClH/c1-10(2)7-11-3-5-15(9-11)13(16)12-8-14-4-6-17-12;/h10-12,14H,3-9H2,1-2H3;1H. The lowest BCUT2D eigenvalue weighted by atomic mass is 9.97. The van der Waals surface area contributed by atoms with Crippen LogP contribution in [0.4, 0.5) is 0 Å². The molecule has 2 unspecified atom stereocenters. The number of morpholine rings is 1. The van der Waals surface area contributed by atoms with Gasteiger partial charge < -0.3 is 15.0 Å². The van der Waals surface area contributed by atoms with Crippen molar-refractivity contribution >= 4 is 18.3 Å². The van der Waals surface area contributed by atoms with E-state index in [-0.39, 0.29) is 24.4 Å². The van der Waals surface area contributed by atoms with Gasteiger partial charge in [0, 0.05) is 26.2 Å². The van der Waals surface area contributed by atoms with Crippen molar-refractivity contribution in [3.8, 4) is 0 Å². The molecule has 0 bridgehead atoms. The third-order valence-corrected chi connectivity index (χ3v) is 3.61. The largest absolute Gasteiger partial charge is 0.366 e. The van der Waals surface area contributed by atoms with E-state index in [1.165, 1.54) is 6.42 Å². The van der Waals surface area contributed by atoms with Crippen molar-refractivity contribution < 1.29 is 9.53 Å². The summed E-state index contributed by atoms with van der Waals surface area (Å²) in [6.45, 7) is 8.52. The number of likely N-dealkylation sites (tertiary alicyclic amines) is 1. The van der Waals surface area contributed by atoms with Crippen LogP contribution < -0.4 is 5.32 Å². The van der Waals surface area contributed by atoms with E-state index in [0.29, 0.717) is 19.1 Å². The maximum absolute atomic E-state index is 12.2. The van der Waals surface area contributed by atoms with Crippen LogP contribution in [0.1, 0.15) is 26.7 Å². The Balaban J connectivity index is 0.00000162. The lowest BCUT2D eigenvalue weighted by Gasteiger charge is -2.27. The molecule has 2 rings (SSSR count). The molecule has 2 atom stereocenters. The number of rotatable bonds is 3. The molecule has 0 saturated carbocycles. The second-order valence-corrected chi connectivity index (χ2v) is 5.63. The third-order valence-electron chi connectivity index (χ3n) is 3.61. The number of amides is 1. The fraction of sp³-hybridized carbons (Fsp3) is 0.923. The highest BCUT2D eigenvalue weighted by Gasteiger charge is 2.32. The summed E-state index contributed by atoms with van der Waals surface area (Å²) in [6, 6.07) is 0. The van der Waals surface area contributed by atoms with Gasteiger partial charge in [-0.25, -0.2) is 0 Å². The van der Waals surface area contributed by atoms with Crippen molar-refractivity contribution in [2.45, 2.75) is 32.8 Å². The van der Waals surface area contributed by atoms with E-state index >= 15 is 0 Å². The van der Waals surface area contributed by atoms with Crippen LogP contribution in [0.5, 0.6) is 0 Å². The van der Waals surface area contributed by atoms with E-state index in [0.717, 1.165) is 32.0 Å². The van der Waals surface area contributed by atoms with Crippen LogP contribution in [0.25, 0.3) is 0 Å². The first-order chi connectivity index (χ1) is 8.16. The number of carbonyl (C=O) groups is 1. The summed E-state index contributed by atoms with van der Waals surface area (Å²) >= 11 is 0. The van der Waals surface area contributed by atoms with Crippen LogP contribution >= 0.6 is 12.4 Å². The Bertz CT molecular complexity index is 268. The second-order valence-electron chi connectivity index (χ2n) is 5.63. The predicted molar refractivity (Wildman–Crippen MR) is 74.0 cm³/mol. The van der Waals surface area contributed by atoms with E-state index in [1.807, 2.05) is 4.90 Å². The molecule has 0 radical (unpaired) electrons. The number of carbonyl (C=O) groups excluding carboxylic acids is 1. The SMILES string of the molecule is CC(C)CC1CCN(C(=O)C2CNCCO2)C1.Cl. The Morgan fingerprint density at radius 2 is 2.28 bits per heavy atom. The Kier molecular flexibility index (Phi) is 6.39. The Hall–Kier alpha value is -0.320.